The summed E-state index contributed by atoms with van der Waals surface area (Å²) in [7, 11) is 0. The maximum Gasteiger partial charge on any atom is 0.331 e. The van der Waals surface area contributed by atoms with Crippen molar-refractivity contribution in [2.75, 3.05) is 10.2 Å². The Morgan fingerprint density at radius 2 is 1.91 bits per heavy atom. The summed E-state index contributed by atoms with van der Waals surface area (Å²) in [4.78, 5) is 38.2. The molecule has 1 fully saturated rings. The number of aryl methyl sites for hydroxylation is 1. The van der Waals surface area contributed by atoms with Gasteiger partial charge in [0.15, 0.2) is 0 Å². The minimum Gasteiger partial charge on any atom is -0.439 e. The Morgan fingerprint density at radius 3 is 2.69 bits per heavy atom. The highest BCUT2D eigenvalue weighted by atomic mass is 32.1. The van der Waals surface area contributed by atoms with E-state index in [1.165, 1.54) is 11.3 Å². The molecule has 1 aliphatic carbocycles. The number of para-hydroxylation sites is 1. The summed E-state index contributed by atoms with van der Waals surface area (Å²) >= 11 is 1.30. The van der Waals surface area contributed by atoms with Crippen LogP contribution in [0.2, 0.25) is 0 Å². The first kappa shape index (κ1) is 21.5. The lowest BCUT2D eigenvalue weighted by atomic mass is 10.1. The average molecular weight is 486 g/mol. The Labute approximate surface area is 206 Å². The standard InChI is InChI=1S/C26H23N5O3S/c1-15-18(11-12-20(28-15)34-17-9-3-2-4-10-17)31-19-13-14-27-25-21(19)22(30-26(31)33)23(35-25)24(32)29-16-7-5-6-8-16/h2-4,9-14,16H,5-8H2,1H3,(H,29,32)(H,30,33). The lowest BCUT2D eigenvalue weighted by Crippen LogP contribution is -2.36. The molecule has 6 rings (SSSR count). The Balaban J connectivity index is 1.36. The van der Waals surface area contributed by atoms with Crippen LogP contribution in [0.5, 0.6) is 11.6 Å². The molecule has 0 spiro atoms. The number of hydrogen-bond acceptors (Lipinski definition) is 6. The Bertz CT molecular complexity index is 1450. The summed E-state index contributed by atoms with van der Waals surface area (Å²) in [6, 6.07) is 14.6. The summed E-state index contributed by atoms with van der Waals surface area (Å²) in [6.07, 6.45) is 5.91. The van der Waals surface area contributed by atoms with Gasteiger partial charge in [0.05, 0.1) is 28.1 Å². The minimum absolute atomic E-state index is 0.158. The Hall–Kier alpha value is -3.98. The van der Waals surface area contributed by atoms with Gasteiger partial charge in [0.25, 0.3) is 5.91 Å². The van der Waals surface area contributed by atoms with Gasteiger partial charge >= 0.3 is 6.03 Å². The zero-order chi connectivity index (χ0) is 23.9. The van der Waals surface area contributed by atoms with E-state index in [1.807, 2.05) is 43.3 Å². The molecule has 0 saturated heterocycles. The molecule has 0 unspecified atom stereocenters. The summed E-state index contributed by atoms with van der Waals surface area (Å²) < 4.78 is 5.84. The van der Waals surface area contributed by atoms with Crippen molar-refractivity contribution in [2.24, 2.45) is 0 Å². The number of pyridine rings is 2. The normalized spacial score (nSPS) is 15.3. The van der Waals surface area contributed by atoms with Crippen molar-refractivity contribution in [3.8, 4) is 11.6 Å². The van der Waals surface area contributed by atoms with Crippen molar-refractivity contribution < 1.29 is 14.3 Å². The number of carbonyl (C=O) groups excluding carboxylic acids is 2. The first-order valence-electron chi connectivity index (χ1n) is 11.6. The van der Waals surface area contributed by atoms with E-state index in [9.17, 15) is 9.59 Å². The van der Waals surface area contributed by atoms with Crippen molar-refractivity contribution >= 4 is 50.6 Å². The van der Waals surface area contributed by atoms with E-state index < -0.39 is 0 Å². The molecule has 3 aromatic heterocycles. The number of carbonyl (C=O) groups is 2. The average Bonchev–Trinajstić information content (AvgIpc) is 3.50. The van der Waals surface area contributed by atoms with E-state index in [1.54, 1.807) is 23.2 Å². The molecule has 2 aliphatic rings. The molecule has 8 nitrogen and oxygen atoms in total. The fourth-order valence-electron chi connectivity index (χ4n) is 4.74. The molecule has 0 radical (unpaired) electrons. The van der Waals surface area contributed by atoms with Crippen LogP contribution in [0.4, 0.5) is 21.9 Å². The lowest BCUT2D eigenvalue weighted by Gasteiger charge is -2.29. The summed E-state index contributed by atoms with van der Waals surface area (Å²) in [5, 5.41) is 6.83. The second-order valence-corrected chi connectivity index (χ2v) is 9.71. The smallest absolute Gasteiger partial charge is 0.331 e. The van der Waals surface area contributed by atoms with Crippen molar-refractivity contribution in [3.05, 3.63) is 65.3 Å². The molecule has 9 heteroatoms. The van der Waals surface area contributed by atoms with Gasteiger partial charge in [-0.05, 0) is 44.0 Å². The molecule has 35 heavy (non-hydrogen) atoms. The van der Waals surface area contributed by atoms with E-state index in [-0.39, 0.29) is 18.0 Å². The number of urea groups is 1. The molecule has 4 aromatic rings. The number of amides is 3. The van der Waals surface area contributed by atoms with E-state index in [2.05, 4.69) is 20.6 Å². The molecule has 3 amide bonds. The largest absolute Gasteiger partial charge is 0.439 e. The first-order valence-corrected chi connectivity index (χ1v) is 12.4. The SMILES string of the molecule is Cc1nc(Oc2ccccc2)ccc1N1C(=O)Nc2c(C(=O)NC3CCCC3)sc3nccc1c23. The van der Waals surface area contributed by atoms with Gasteiger partial charge in [-0.2, -0.15) is 0 Å². The fourth-order valence-corrected chi connectivity index (χ4v) is 5.76. The van der Waals surface area contributed by atoms with Crippen molar-refractivity contribution in [2.45, 2.75) is 38.6 Å². The topological polar surface area (TPSA) is 96.5 Å². The van der Waals surface area contributed by atoms with Crippen LogP contribution in [0.3, 0.4) is 0 Å². The van der Waals surface area contributed by atoms with Crippen LogP contribution in [0.15, 0.2) is 54.7 Å². The molecular weight excluding hydrogens is 462 g/mol. The van der Waals surface area contributed by atoms with E-state index in [0.29, 0.717) is 44.1 Å². The molecule has 0 atom stereocenters. The van der Waals surface area contributed by atoms with Gasteiger partial charge in [0, 0.05) is 18.3 Å². The summed E-state index contributed by atoms with van der Waals surface area (Å²) in [5.74, 6) is 0.969. The minimum atomic E-state index is -0.347. The van der Waals surface area contributed by atoms with Crippen LogP contribution >= 0.6 is 11.3 Å². The predicted octanol–water partition coefficient (Wildman–Crippen LogP) is 6.15. The number of nitrogens with one attached hydrogen (secondary N) is 2. The van der Waals surface area contributed by atoms with Crippen molar-refractivity contribution in [1.82, 2.24) is 15.3 Å². The predicted molar refractivity (Wildman–Crippen MR) is 136 cm³/mol. The van der Waals surface area contributed by atoms with Crippen LogP contribution in [-0.4, -0.2) is 27.9 Å². The van der Waals surface area contributed by atoms with Crippen LogP contribution in [0.1, 0.15) is 41.0 Å². The van der Waals surface area contributed by atoms with E-state index in [0.717, 1.165) is 31.1 Å². The van der Waals surface area contributed by atoms with Gasteiger partial charge in [-0.25, -0.2) is 14.8 Å². The molecule has 1 aromatic carbocycles. The third-order valence-electron chi connectivity index (χ3n) is 6.38. The third-order valence-corrected chi connectivity index (χ3v) is 7.48. The number of anilines is 3. The molecule has 4 heterocycles. The molecule has 1 aliphatic heterocycles. The van der Waals surface area contributed by atoms with Gasteiger partial charge in [-0.1, -0.05) is 31.0 Å². The number of benzene rings is 1. The summed E-state index contributed by atoms with van der Waals surface area (Å²) in [6.45, 7) is 1.84. The zero-order valence-electron chi connectivity index (χ0n) is 19.1. The second kappa shape index (κ2) is 8.66. The number of ether oxygens (including phenoxy) is 1. The number of rotatable bonds is 5. The highest BCUT2D eigenvalue weighted by Gasteiger charge is 2.34. The molecule has 1 saturated carbocycles. The van der Waals surface area contributed by atoms with Gasteiger partial charge in [-0.15, -0.1) is 11.3 Å². The van der Waals surface area contributed by atoms with Crippen LogP contribution in [0, 0.1) is 6.92 Å². The highest BCUT2D eigenvalue weighted by molar-refractivity contribution is 7.21. The van der Waals surface area contributed by atoms with E-state index in [4.69, 9.17) is 4.74 Å². The zero-order valence-corrected chi connectivity index (χ0v) is 19.9. The Kier molecular flexibility index (Phi) is 5.33. The second-order valence-electron chi connectivity index (χ2n) is 8.71. The number of nitrogens with zero attached hydrogens (tertiary/aromatic N) is 3. The van der Waals surface area contributed by atoms with Gasteiger partial charge in [0.1, 0.15) is 15.5 Å². The number of aromatic nitrogens is 2. The molecule has 2 N–H and O–H groups in total. The maximum atomic E-state index is 13.4. The summed E-state index contributed by atoms with van der Waals surface area (Å²) in [5.41, 5.74) is 2.46. The van der Waals surface area contributed by atoms with Crippen molar-refractivity contribution in [3.63, 3.8) is 0 Å². The fraction of sp³-hybridized carbons (Fsp3) is 0.231. The first-order chi connectivity index (χ1) is 17.1. The number of thiophene rings is 1. The third kappa shape index (κ3) is 3.87. The van der Waals surface area contributed by atoms with Gasteiger partial charge < -0.3 is 15.4 Å². The molecule has 0 bridgehead atoms. The van der Waals surface area contributed by atoms with Crippen LogP contribution < -0.4 is 20.3 Å². The van der Waals surface area contributed by atoms with Gasteiger partial charge in [-0.3, -0.25) is 9.69 Å². The van der Waals surface area contributed by atoms with Crippen LogP contribution in [-0.2, 0) is 0 Å². The highest BCUT2D eigenvalue weighted by Crippen LogP contribution is 2.46. The lowest BCUT2D eigenvalue weighted by molar-refractivity contribution is 0.0943. The molecule has 176 valence electrons. The monoisotopic (exact) mass is 485 g/mol. The number of hydrogen-bond donors (Lipinski definition) is 2. The maximum absolute atomic E-state index is 13.4. The van der Waals surface area contributed by atoms with Crippen LogP contribution in [0.25, 0.3) is 10.2 Å². The van der Waals surface area contributed by atoms with E-state index >= 15 is 0 Å². The quantitative estimate of drug-likeness (QED) is 0.354. The Morgan fingerprint density at radius 1 is 1.11 bits per heavy atom. The van der Waals surface area contributed by atoms with Gasteiger partial charge in [0.2, 0.25) is 5.88 Å². The van der Waals surface area contributed by atoms with Crippen molar-refractivity contribution in [1.29, 1.82) is 0 Å². The molecular formula is C26H23N5O3S.